The van der Waals surface area contributed by atoms with Crippen LogP contribution in [0.3, 0.4) is 0 Å². The Morgan fingerprint density at radius 2 is 0.702 bits per heavy atom. The van der Waals surface area contributed by atoms with Crippen LogP contribution in [0.5, 0.6) is 0 Å². The molecule has 47 heavy (non-hydrogen) atoms. The van der Waals surface area contributed by atoms with Crippen molar-refractivity contribution in [3.8, 4) is 0 Å². The summed E-state index contributed by atoms with van der Waals surface area (Å²) in [6, 6.07) is 0. The van der Waals surface area contributed by atoms with Crippen molar-refractivity contribution >= 4 is 11.9 Å². The first-order valence-electron chi connectivity index (χ1n) is 21.2. The molecule has 2 unspecified atom stereocenters. The largest absolute Gasteiger partial charge is 0.462 e. The zero-order valence-corrected chi connectivity index (χ0v) is 32.3. The molecule has 0 aliphatic heterocycles. The minimum Gasteiger partial charge on any atom is -0.462 e. The zero-order chi connectivity index (χ0) is 34.5. The van der Waals surface area contributed by atoms with Gasteiger partial charge in [-0.05, 0) is 83.7 Å². The Morgan fingerprint density at radius 1 is 0.383 bits per heavy atom. The van der Waals surface area contributed by atoms with Gasteiger partial charge in [0, 0.05) is 12.8 Å². The first-order valence-corrected chi connectivity index (χ1v) is 21.2. The molecule has 0 aromatic heterocycles. The van der Waals surface area contributed by atoms with Crippen LogP contribution >= 0.6 is 0 Å². The monoisotopic (exact) mass is 666 g/mol. The fraction of sp³-hybridized carbons (Fsp3) is 0.952. The highest BCUT2D eigenvalue weighted by Gasteiger charge is 2.15. The van der Waals surface area contributed by atoms with Crippen LogP contribution in [0.2, 0.25) is 0 Å². The zero-order valence-electron chi connectivity index (χ0n) is 32.3. The number of ether oxygens (including phenoxy) is 2. The number of nitrogens with one attached hydrogen (secondary N) is 1. The van der Waals surface area contributed by atoms with Crippen molar-refractivity contribution in [2.45, 2.75) is 245 Å². The quantitative estimate of drug-likeness (QED) is 0.0525. The summed E-state index contributed by atoms with van der Waals surface area (Å²) in [4.78, 5) is 24.8. The van der Waals surface area contributed by atoms with E-state index in [0.29, 0.717) is 12.8 Å². The third-order valence-corrected chi connectivity index (χ3v) is 9.56. The van der Waals surface area contributed by atoms with Crippen LogP contribution in [0.15, 0.2) is 0 Å². The van der Waals surface area contributed by atoms with Crippen molar-refractivity contribution in [2.75, 3.05) is 13.1 Å². The van der Waals surface area contributed by atoms with Crippen molar-refractivity contribution in [1.82, 2.24) is 5.32 Å². The van der Waals surface area contributed by atoms with Crippen molar-refractivity contribution in [2.24, 2.45) is 0 Å². The number of carbonyl (C=O) groups is 2. The maximum Gasteiger partial charge on any atom is 0.306 e. The van der Waals surface area contributed by atoms with Crippen LogP contribution in [0.4, 0.5) is 0 Å². The summed E-state index contributed by atoms with van der Waals surface area (Å²) in [5.74, 6) is 0.0430. The number of esters is 2. The molecular weight excluding hydrogens is 582 g/mol. The predicted molar refractivity (Wildman–Crippen MR) is 203 cm³/mol. The summed E-state index contributed by atoms with van der Waals surface area (Å²) in [5, 5.41) is 3.59. The lowest BCUT2D eigenvalue weighted by atomic mass is 10.0. The second-order valence-electron chi connectivity index (χ2n) is 14.4. The minimum atomic E-state index is 0.0151. The van der Waals surface area contributed by atoms with E-state index in [1.54, 1.807) is 0 Å². The molecule has 0 saturated carbocycles. The first kappa shape index (κ1) is 45.9. The average Bonchev–Trinajstić information content (AvgIpc) is 3.06. The van der Waals surface area contributed by atoms with E-state index in [2.05, 4.69) is 33.0 Å². The maximum atomic E-state index is 12.5. The van der Waals surface area contributed by atoms with E-state index in [0.717, 1.165) is 70.9 Å². The van der Waals surface area contributed by atoms with Gasteiger partial charge in [-0.2, -0.15) is 0 Å². The molecule has 0 aromatic rings. The Labute approximate surface area is 294 Å². The Balaban J connectivity index is 3.69. The van der Waals surface area contributed by atoms with Gasteiger partial charge in [-0.1, -0.05) is 150 Å². The average molecular weight is 666 g/mol. The van der Waals surface area contributed by atoms with E-state index in [1.807, 2.05) is 0 Å². The fourth-order valence-electron chi connectivity index (χ4n) is 6.49. The molecule has 0 fully saturated rings. The lowest BCUT2D eigenvalue weighted by Gasteiger charge is -2.18. The highest BCUT2D eigenvalue weighted by Crippen LogP contribution is 2.18. The molecule has 0 radical (unpaired) electrons. The Hall–Kier alpha value is -1.10. The summed E-state index contributed by atoms with van der Waals surface area (Å²) in [7, 11) is 0. The summed E-state index contributed by atoms with van der Waals surface area (Å²) < 4.78 is 11.8. The molecule has 0 heterocycles. The molecule has 0 amide bonds. The van der Waals surface area contributed by atoms with Crippen molar-refractivity contribution in [3.05, 3.63) is 0 Å². The molecule has 0 saturated heterocycles. The van der Waals surface area contributed by atoms with E-state index in [1.165, 1.54) is 135 Å². The highest BCUT2D eigenvalue weighted by molar-refractivity contribution is 5.69. The molecule has 0 spiro atoms. The number of unbranched alkanes of at least 4 members (excludes halogenated alkanes) is 20. The Bertz CT molecular complexity index is 655. The van der Waals surface area contributed by atoms with Crippen LogP contribution in [0.25, 0.3) is 0 Å². The van der Waals surface area contributed by atoms with Gasteiger partial charge in [0.1, 0.15) is 12.2 Å². The van der Waals surface area contributed by atoms with Gasteiger partial charge in [0.15, 0.2) is 0 Å². The van der Waals surface area contributed by atoms with Crippen LogP contribution in [0, 0.1) is 0 Å². The van der Waals surface area contributed by atoms with Gasteiger partial charge in [0.2, 0.25) is 0 Å². The molecule has 0 rings (SSSR count). The number of hydrogen-bond acceptors (Lipinski definition) is 5. The van der Waals surface area contributed by atoms with Crippen LogP contribution in [-0.2, 0) is 19.1 Å². The second kappa shape index (κ2) is 37.7. The molecule has 2 atom stereocenters. The fourth-order valence-corrected chi connectivity index (χ4v) is 6.49. The molecule has 1 N–H and O–H groups in total. The van der Waals surface area contributed by atoms with Gasteiger partial charge in [-0.3, -0.25) is 9.59 Å². The summed E-state index contributed by atoms with van der Waals surface area (Å²) in [6.07, 6.45) is 37.2. The van der Waals surface area contributed by atoms with Gasteiger partial charge in [-0.15, -0.1) is 0 Å². The number of rotatable bonds is 38. The van der Waals surface area contributed by atoms with Crippen molar-refractivity contribution < 1.29 is 19.1 Å². The third kappa shape index (κ3) is 34.6. The smallest absolute Gasteiger partial charge is 0.306 e. The summed E-state index contributed by atoms with van der Waals surface area (Å²) in [5.41, 5.74) is 0. The van der Waals surface area contributed by atoms with Crippen molar-refractivity contribution in [1.29, 1.82) is 0 Å². The van der Waals surface area contributed by atoms with E-state index in [9.17, 15) is 9.59 Å². The lowest BCUT2D eigenvalue weighted by molar-refractivity contribution is -0.151. The van der Waals surface area contributed by atoms with Crippen LogP contribution in [-0.4, -0.2) is 37.2 Å². The lowest BCUT2D eigenvalue weighted by Crippen LogP contribution is -2.18. The van der Waals surface area contributed by atoms with E-state index in [4.69, 9.17) is 9.47 Å². The normalized spacial score (nSPS) is 12.7. The number of hydrogen-bond donors (Lipinski definition) is 1. The van der Waals surface area contributed by atoms with E-state index >= 15 is 0 Å². The molecule has 0 aliphatic rings. The summed E-state index contributed by atoms with van der Waals surface area (Å²) in [6.45, 7) is 11.1. The molecule has 5 nitrogen and oxygen atoms in total. The number of carbonyl (C=O) groups excluding carboxylic acids is 2. The molecule has 0 aliphatic carbocycles. The van der Waals surface area contributed by atoms with Gasteiger partial charge >= 0.3 is 11.9 Å². The van der Waals surface area contributed by atoms with Gasteiger partial charge in [0.05, 0.1) is 0 Å². The predicted octanol–water partition coefficient (Wildman–Crippen LogP) is 13.0. The van der Waals surface area contributed by atoms with E-state index < -0.39 is 0 Å². The van der Waals surface area contributed by atoms with Crippen molar-refractivity contribution in [3.63, 3.8) is 0 Å². The summed E-state index contributed by atoms with van der Waals surface area (Å²) >= 11 is 0. The van der Waals surface area contributed by atoms with Gasteiger partial charge in [-0.25, -0.2) is 0 Å². The van der Waals surface area contributed by atoms with E-state index in [-0.39, 0.29) is 24.1 Å². The molecular formula is C42H83NO4. The van der Waals surface area contributed by atoms with Crippen LogP contribution in [0.1, 0.15) is 233 Å². The molecule has 0 bridgehead atoms. The second-order valence-corrected chi connectivity index (χ2v) is 14.4. The highest BCUT2D eigenvalue weighted by atomic mass is 16.5. The topological polar surface area (TPSA) is 64.6 Å². The molecule has 0 aromatic carbocycles. The SMILES string of the molecule is CCCCCCCCC(CCC)OC(=O)CCCCCCCNCCCCCCCC(=O)OC(CCCCCC)CCCCCCC. The maximum absolute atomic E-state index is 12.5. The Kier molecular flexibility index (Phi) is 36.8. The standard InChI is InChI=1S/C42H83NO4/c1-5-9-12-15-19-26-32-39(31-8-4)46-41(44)35-27-20-16-22-29-37-43-38-30-23-17-21-28-36-42(45)47-40(33-24-14-11-7-3)34-25-18-13-10-6-2/h39-40,43H,5-38H2,1-4H3. The van der Waals surface area contributed by atoms with Gasteiger partial charge in [0.25, 0.3) is 0 Å². The molecule has 280 valence electrons. The Morgan fingerprint density at radius 3 is 1.11 bits per heavy atom. The molecule has 5 heteroatoms. The van der Waals surface area contributed by atoms with Crippen LogP contribution < -0.4 is 5.32 Å². The first-order chi connectivity index (χ1) is 23.1. The van der Waals surface area contributed by atoms with Gasteiger partial charge < -0.3 is 14.8 Å². The third-order valence-electron chi connectivity index (χ3n) is 9.56. The minimum absolute atomic E-state index is 0.0151.